The third kappa shape index (κ3) is 4.61. The highest BCUT2D eigenvalue weighted by Gasteiger charge is 2.16. The molecule has 1 heterocycles. The molecule has 0 atom stereocenters. The highest BCUT2D eigenvalue weighted by molar-refractivity contribution is 8.00. The molecule has 1 aliphatic heterocycles. The van der Waals surface area contributed by atoms with E-state index in [1.807, 2.05) is 0 Å². The summed E-state index contributed by atoms with van der Waals surface area (Å²) in [5.74, 6) is -0.178. The van der Waals surface area contributed by atoms with Gasteiger partial charge < -0.3 is 15.7 Å². The van der Waals surface area contributed by atoms with Crippen LogP contribution >= 0.6 is 11.8 Å². The number of thioether (sulfide) groups is 1. The number of hydrogen-bond acceptors (Lipinski definition) is 6. The van der Waals surface area contributed by atoms with Crippen LogP contribution < -0.4 is 10.6 Å². The molecule has 21 heavy (non-hydrogen) atoms. The van der Waals surface area contributed by atoms with Crippen molar-refractivity contribution in [3.05, 3.63) is 28.3 Å². The van der Waals surface area contributed by atoms with E-state index in [1.165, 1.54) is 12.1 Å². The number of carbonyl (C=O) groups is 1. The number of benzene rings is 1. The van der Waals surface area contributed by atoms with Gasteiger partial charge in [-0.15, -0.1) is 11.8 Å². The molecule has 3 N–H and O–H groups in total. The van der Waals surface area contributed by atoms with Crippen LogP contribution in [-0.2, 0) is 4.79 Å². The Labute approximate surface area is 126 Å². The van der Waals surface area contributed by atoms with Crippen molar-refractivity contribution in [2.45, 2.75) is 18.1 Å². The van der Waals surface area contributed by atoms with E-state index >= 15 is 0 Å². The summed E-state index contributed by atoms with van der Waals surface area (Å²) in [6.07, 6.45) is 2.06. The number of nitrogens with zero attached hydrogens (tertiary/aromatic N) is 1. The van der Waals surface area contributed by atoms with Crippen molar-refractivity contribution in [2.24, 2.45) is 0 Å². The summed E-state index contributed by atoms with van der Waals surface area (Å²) in [6, 6.07) is 3.55. The number of piperidine rings is 1. The quantitative estimate of drug-likeness (QED) is 0.434. The van der Waals surface area contributed by atoms with E-state index < -0.39 is 4.92 Å². The number of phenols is 1. The van der Waals surface area contributed by atoms with Gasteiger partial charge in [-0.05, 0) is 32.0 Å². The summed E-state index contributed by atoms with van der Waals surface area (Å²) in [5.41, 5.74) is -0.103. The number of anilines is 1. The molecule has 8 heteroatoms. The summed E-state index contributed by atoms with van der Waals surface area (Å²) < 4.78 is 0. The maximum atomic E-state index is 11.9. The molecule has 1 fully saturated rings. The van der Waals surface area contributed by atoms with Crippen molar-refractivity contribution in [1.29, 1.82) is 0 Å². The maximum absolute atomic E-state index is 11.9. The Morgan fingerprint density at radius 3 is 2.86 bits per heavy atom. The van der Waals surface area contributed by atoms with Crippen LogP contribution in [0.3, 0.4) is 0 Å². The number of phenolic OH excluding ortho intramolecular Hbond substituents is 1. The van der Waals surface area contributed by atoms with E-state index in [0.29, 0.717) is 5.25 Å². The number of amides is 1. The lowest BCUT2D eigenvalue weighted by atomic mass is 10.2. The second-order valence-corrected chi connectivity index (χ2v) is 6.06. The highest BCUT2D eigenvalue weighted by Crippen LogP contribution is 2.28. The highest BCUT2D eigenvalue weighted by atomic mass is 32.2. The molecule has 0 aromatic heterocycles. The molecule has 0 radical (unpaired) electrons. The summed E-state index contributed by atoms with van der Waals surface area (Å²) in [6.45, 7) is 1.93. The third-order valence-electron chi connectivity index (χ3n) is 3.20. The van der Waals surface area contributed by atoms with E-state index in [4.69, 9.17) is 0 Å². The van der Waals surface area contributed by atoms with Crippen LogP contribution in [-0.4, -0.2) is 40.0 Å². The van der Waals surface area contributed by atoms with Gasteiger partial charge in [-0.3, -0.25) is 14.9 Å². The van der Waals surface area contributed by atoms with Crippen LogP contribution in [0.15, 0.2) is 18.2 Å². The van der Waals surface area contributed by atoms with Gasteiger partial charge in [-0.1, -0.05) is 0 Å². The predicted octanol–water partition coefficient (Wildman–Crippen LogP) is 1.72. The number of non-ortho nitro benzene ring substituents is 1. The minimum absolute atomic E-state index is 0.0695. The van der Waals surface area contributed by atoms with E-state index in [9.17, 15) is 20.0 Å². The molecule has 114 valence electrons. The molecule has 2 rings (SSSR count). The molecule has 1 aromatic carbocycles. The molecule has 1 amide bonds. The van der Waals surface area contributed by atoms with Gasteiger partial charge in [0.2, 0.25) is 5.91 Å². The second kappa shape index (κ2) is 7.28. The minimum Gasteiger partial charge on any atom is -0.506 e. The monoisotopic (exact) mass is 311 g/mol. The molecule has 0 bridgehead atoms. The summed E-state index contributed by atoms with van der Waals surface area (Å²) in [4.78, 5) is 22.0. The van der Waals surface area contributed by atoms with Crippen LogP contribution in [0.25, 0.3) is 0 Å². The Bertz CT molecular complexity index is 532. The number of aromatic hydroxyl groups is 1. The second-order valence-electron chi connectivity index (χ2n) is 4.77. The number of nitro benzene ring substituents is 1. The average molecular weight is 311 g/mol. The molecule has 0 unspecified atom stereocenters. The Balaban J connectivity index is 1.89. The van der Waals surface area contributed by atoms with Crippen LogP contribution in [0, 0.1) is 10.1 Å². The molecule has 1 aliphatic rings. The topological polar surface area (TPSA) is 104 Å². The lowest BCUT2D eigenvalue weighted by molar-refractivity contribution is -0.384. The first-order valence-corrected chi connectivity index (χ1v) is 7.70. The number of nitro groups is 1. The summed E-state index contributed by atoms with van der Waals surface area (Å²) >= 11 is 1.57. The van der Waals surface area contributed by atoms with E-state index in [2.05, 4.69) is 10.6 Å². The molecule has 0 spiro atoms. The smallest absolute Gasteiger partial charge is 0.271 e. The van der Waals surface area contributed by atoms with Crippen LogP contribution in [0.1, 0.15) is 12.8 Å². The predicted molar refractivity (Wildman–Crippen MR) is 81.7 cm³/mol. The number of hydrogen-bond donors (Lipinski definition) is 3. The van der Waals surface area contributed by atoms with Crippen molar-refractivity contribution in [2.75, 3.05) is 24.2 Å². The van der Waals surface area contributed by atoms with Crippen molar-refractivity contribution >= 4 is 29.0 Å². The van der Waals surface area contributed by atoms with Gasteiger partial charge in [-0.2, -0.15) is 0 Å². The normalized spacial score (nSPS) is 15.6. The molecule has 0 aliphatic carbocycles. The largest absolute Gasteiger partial charge is 0.506 e. The van der Waals surface area contributed by atoms with Crippen molar-refractivity contribution in [1.82, 2.24) is 5.32 Å². The first-order valence-electron chi connectivity index (χ1n) is 6.66. The number of nitrogens with one attached hydrogen (secondary N) is 2. The fourth-order valence-electron chi connectivity index (χ4n) is 2.08. The standard InChI is InChI=1S/C13H17N3O4S/c17-12-2-1-9(16(19)20)7-11(12)15-13(18)8-21-10-3-5-14-6-4-10/h1-2,7,10,14,17H,3-6,8H2,(H,15,18). The molecule has 1 saturated heterocycles. The van der Waals surface area contributed by atoms with Crippen molar-refractivity contribution in [3.8, 4) is 5.75 Å². The van der Waals surface area contributed by atoms with Crippen LogP contribution in [0.4, 0.5) is 11.4 Å². The molecular formula is C13H17N3O4S. The molecule has 1 aromatic rings. The number of carbonyl (C=O) groups excluding carboxylic acids is 1. The fourth-order valence-corrected chi connectivity index (χ4v) is 3.11. The minimum atomic E-state index is -0.571. The van der Waals surface area contributed by atoms with Gasteiger partial charge >= 0.3 is 0 Å². The van der Waals surface area contributed by atoms with E-state index in [0.717, 1.165) is 32.0 Å². The van der Waals surface area contributed by atoms with Gasteiger partial charge in [0, 0.05) is 17.4 Å². The van der Waals surface area contributed by atoms with Crippen molar-refractivity contribution < 1.29 is 14.8 Å². The van der Waals surface area contributed by atoms with E-state index in [1.54, 1.807) is 11.8 Å². The van der Waals surface area contributed by atoms with Gasteiger partial charge in [-0.25, -0.2) is 0 Å². The lowest BCUT2D eigenvalue weighted by Gasteiger charge is -2.21. The van der Waals surface area contributed by atoms with E-state index in [-0.39, 0.29) is 28.8 Å². The first kappa shape index (κ1) is 15.6. The fraction of sp³-hybridized carbons (Fsp3) is 0.462. The van der Waals surface area contributed by atoms with Crippen molar-refractivity contribution in [3.63, 3.8) is 0 Å². The molecule has 0 saturated carbocycles. The number of rotatable bonds is 5. The van der Waals surface area contributed by atoms with Gasteiger partial charge in [0.1, 0.15) is 5.75 Å². The van der Waals surface area contributed by atoms with Gasteiger partial charge in [0.25, 0.3) is 5.69 Å². The molecule has 7 nitrogen and oxygen atoms in total. The third-order valence-corrected chi connectivity index (χ3v) is 4.57. The summed E-state index contributed by atoms with van der Waals surface area (Å²) in [5, 5.41) is 26.5. The SMILES string of the molecule is O=C(CSC1CCNCC1)Nc1cc([N+](=O)[O-])ccc1O. The first-order chi connectivity index (χ1) is 10.1. The zero-order valence-corrected chi connectivity index (χ0v) is 12.2. The Morgan fingerprint density at radius 1 is 1.48 bits per heavy atom. The Hall–Kier alpha value is -1.80. The maximum Gasteiger partial charge on any atom is 0.271 e. The molecular weight excluding hydrogens is 294 g/mol. The summed E-state index contributed by atoms with van der Waals surface area (Å²) in [7, 11) is 0. The van der Waals surface area contributed by atoms with Gasteiger partial charge in [0.15, 0.2) is 0 Å². The van der Waals surface area contributed by atoms with Crippen LogP contribution in [0.5, 0.6) is 5.75 Å². The lowest BCUT2D eigenvalue weighted by Crippen LogP contribution is -2.30. The van der Waals surface area contributed by atoms with Gasteiger partial charge in [0.05, 0.1) is 16.4 Å². The Kier molecular flexibility index (Phi) is 5.40. The Morgan fingerprint density at radius 2 is 2.19 bits per heavy atom. The van der Waals surface area contributed by atoms with Crippen LogP contribution in [0.2, 0.25) is 0 Å². The zero-order valence-electron chi connectivity index (χ0n) is 11.4. The average Bonchev–Trinajstić information content (AvgIpc) is 2.48. The zero-order chi connectivity index (χ0) is 15.2.